The molecule has 0 aliphatic rings. The first kappa shape index (κ1) is 21.9. The number of hydrogen-bond acceptors (Lipinski definition) is 7. The summed E-state index contributed by atoms with van der Waals surface area (Å²) in [5.41, 5.74) is 1.14. The fourth-order valence-electron chi connectivity index (χ4n) is 2.87. The van der Waals surface area contributed by atoms with Crippen molar-refractivity contribution in [3.63, 3.8) is 0 Å². The van der Waals surface area contributed by atoms with Gasteiger partial charge in [0.25, 0.3) is 11.6 Å². The number of nitrogens with one attached hydrogen (secondary N) is 1. The summed E-state index contributed by atoms with van der Waals surface area (Å²) in [5, 5.41) is 32.2. The van der Waals surface area contributed by atoms with E-state index in [2.05, 4.69) is 22.4 Å². The van der Waals surface area contributed by atoms with E-state index in [0.29, 0.717) is 16.5 Å². The van der Waals surface area contributed by atoms with Gasteiger partial charge in [0.2, 0.25) is 5.13 Å². The fraction of sp³-hybridized carbons (Fsp3) is 0.238. The highest BCUT2D eigenvalue weighted by Gasteiger charge is 2.14. The Morgan fingerprint density at radius 1 is 1.29 bits per heavy atom. The highest BCUT2D eigenvalue weighted by Crippen LogP contribution is 2.21. The van der Waals surface area contributed by atoms with E-state index < -0.39 is 10.8 Å². The SMILES string of the molecule is CCCCCc1nnc(NC(=O)C(C#N)=Cc2cccn2-c2ccc([N+](=O)[O-])cc2)s1. The zero-order chi connectivity index (χ0) is 22.2. The van der Waals surface area contributed by atoms with Crippen molar-refractivity contribution in [2.45, 2.75) is 32.6 Å². The number of aromatic nitrogens is 3. The number of carbonyl (C=O) groups is 1. The van der Waals surface area contributed by atoms with Crippen LogP contribution < -0.4 is 5.32 Å². The zero-order valence-electron chi connectivity index (χ0n) is 16.8. The van der Waals surface area contributed by atoms with Crippen LogP contribution in [0, 0.1) is 21.4 Å². The molecule has 9 nitrogen and oxygen atoms in total. The number of non-ortho nitro benzene ring substituents is 1. The number of nitriles is 1. The Kier molecular flexibility index (Phi) is 7.24. The number of aryl methyl sites for hydroxylation is 1. The van der Waals surface area contributed by atoms with Crippen molar-refractivity contribution in [1.82, 2.24) is 14.8 Å². The van der Waals surface area contributed by atoms with Crippen LogP contribution in [0.3, 0.4) is 0 Å². The van der Waals surface area contributed by atoms with Gasteiger partial charge in [0.1, 0.15) is 16.6 Å². The van der Waals surface area contributed by atoms with Crippen LogP contribution in [0.25, 0.3) is 11.8 Å². The van der Waals surface area contributed by atoms with Gasteiger partial charge in [0.15, 0.2) is 0 Å². The van der Waals surface area contributed by atoms with Crippen molar-refractivity contribution < 1.29 is 9.72 Å². The van der Waals surface area contributed by atoms with Gasteiger partial charge in [-0.15, -0.1) is 10.2 Å². The molecule has 3 aromatic rings. The topological polar surface area (TPSA) is 127 Å². The van der Waals surface area contributed by atoms with Crippen molar-refractivity contribution in [1.29, 1.82) is 5.26 Å². The summed E-state index contributed by atoms with van der Waals surface area (Å²) < 4.78 is 1.73. The van der Waals surface area contributed by atoms with Crippen LogP contribution in [0.5, 0.6) is 0 Å². The molecule has 158 valence electrons. The molecule has 1 amide bonds. The van der Waals surface area contributed by atoms with E-state index in [1.54, 1.807) is 35.0 Å². The summed E-state index contributed by atoms with van der Waals surface area (Å²) in [4.78, 5) is 22.9. The van der Waals surface area contributed by atoms with E-state index in [4.69, 9.17) is 0 Å². The molecule has 1 N–H and O–H groups in total. The molecule has 0 saturated carbocycles. The van der Waals surface area contributed by atoms with Crippen molar-refractivity contribution in [3.8, 4) is 11.8 Å². The van der Waals surface area contributed by atoms with Crippen molar-refractivity contribution in [2.24, 2.45) is 0 Å². The maximum atomic E-state index is 12.6. The first-order valence-electron chi connectivity index (χ1n) is 9.69. The average Bonchev–Trinajstić information content (AvgIpc) is 3.41. The third kappa shape index (κ3) is 5.61. The standard InChI is InChI=1S/C21H20N6O3S/c1-2-3-4-7-19-24-25-21(31-19)23-20(28)15(14-22)13-18-6-5-12-26(18)16-8-10-17(11-9-16)27(29)30/h5-6,8-13H,2-4,7H2,1H3,(H,23,25,28). The molecule has 31 heavy (non-hydrogen) atoms. The number of anilines is 1. The van der Waals surface area contributed by atoms with Crippen LogP contribution in [-0.2, 0) is 11.2 Å². The van der Waals surface area contributed by atoms with Crippen LogP contribution in [0.4, 0.5) is 10.8 Å². The lowest BCUT2D eigenvalue weighted by molar-refractivity contribution is -0.384. The van der Waals surface area contributed by atoms with Crippen LogP contribution >= 0.6 is 11.3 Å². The molecule has 0 fully saturated rings. The van der Waals surface area contributed by atoms with Gasteiger partial charge in [-0.1, -0.05) is 31.1 Å². The van der Waals surface area contributed by atoms with Gasteiger partial charge in [-0.05, 0) is 36.8 Å². The quantitative estimate of drug-likeness (QED) is 0.173. The van der Waals surface area contributed by atoms with Gasteiger partial charge in [-0.2, -0.15) is 5.26 Å². The number of nitro benzene ring substituents is 1. The Hall–Kier alpha value is -3.84. The first-order valence-corrected chi connectivity index (χ1v) is 10.5. The maximum absolute atomic E-state index is 12.6. The van der Waals surface area contributed by atoms with E-state index in [0.717, 1.165) is 30.7 Å². The summed E-state index contributed by atoms with van der Waals surface area (Å²) in [5.74, 6) is -0.574. The number of amides is 1. The van der Waals surface area contributed by atoms with E-state index in [-0.39, 0.29) is 11.3 Å². The predicted octanol–water partition coefficient (Wildman–Crippen LogP) is 4.52. The number of benzene rings is 1. The minimum absolute atomic E-state index is 0.0174. The maximum Gasteiger partial charge on any atom is 0.269 e. The van der Waals surface area contributed by atoms with Gasteiger partial charge in [0.05, 0.1) is 4.92 Å². The summed E-state index contributed by atoms with van der Waals surface area (Å²) in [6.07, 6.45) is 7.25. The summed E-state index contributed by atoms with van der Waals surface area (Å²) in [6, 6.07) is 11.4. The molecule has 2 aromatic heterocycles. The molecule has 0 bridgehead atoms. The Bertz CT molecular complexity index is 1140. The van der Waals surface area contributed by atoms with Crippen molar-refractivity contribution in [3.05, 3.63) is 69.0 Å². The van der Waals surface area contributed by atoms with Gasteiger partial charge in [0, 0.05) is 36.1 Å². The number of hydrogen-bond donors (Lipinski definition) is 1. The molecule has 0 saturated heterocycles. The average molecular weight is 436 g/mol. The van der Waals surface area contributed by atoms with Crippen LogP contribution in [0.15, 0.2) is 48.2 Å². The predicted molar refractivity (Wildman–Crippen MR) is 118 cm³/mol. The number of unbranched alkanes of at least 4 members (excludes halogenated alkanes) is 2. The molecule has 0 radical (unpaired) electrons. The van der Waals surface area contributed by atoms with Gasteiger partial charge >= 0.3 is 0 Å². The second-order valence-corrected chi connectivity index (χ2v) is 7.72. The van der Waals surface area contributed by atoms with E-state index in [1.807, 2.05) is 6.07 Å². The van der Waals surface area contributed by atoms with Crippen LogP contribution in [-0.4, -0.2) is 25.6 Å². The molecular weight excluding hydrogens is 416 g/mol. The largest absolute Gasteiger partial charge is 0.317 e. The third-order valence-electron chi connectivity index (χ3n) is 4.46. The molecule has 3 rings (SSSR count). The third-order valence-corrected chi connectivity index (χ3v) is 5.36. The number of nitrogens with zero attached hydrogens (tertiary/aromatic N) is 5. The summed E-state index contributed by atoms with van der Waals surface area (Å²) >= 11 is 1.30. The molecule has 1 aromatic carbocycles. The zero-order valence-corrected chi connectivity index (χ0v) is 17.6. The Balaban J connectivity index is 1.75. The molecule has 0 aliphatic heterocycles. The number of nitro groups is 1. The lowest BCUT2D eigenvalue weighted by Gasteiger charge is -2.07. The van der Waals surface area contributed by atoms with Crippen molar-refractivity contribution >= 4 is 34.1 Å². The summed E-state index contributed by atoms with van der Waals surface area (Å²) in [7, 11) is 0. The van der Waals surface area contributed by atoms with Gasteiger partial charge in [-0.3, -0.25) is 20.2 Å². The molecule has 10 heteroatoms. The Morgan fingerprint density at radius 3 is 2.74 bits per heavy atom. The lowest BCUT2D eigenvalue weighted by atomic mass is 10.2. The van der Waals surface area contributed by atoms with Crippen LogP contribution in [0.2, 0.25) is 0 Å². The number of carbonyl (C=O) groups excluding carboxylic acids is 1. The smallest absolute Gasteiger partial charge is 0.269 e. The highest BCUT2D eigenvalue weighted by atomic mass is 32.1. The second kappa shape index (κ2) is 10.3. The minimum atomic E-state index is -0.574. The second-order valence-electron chi connectivity index (χ2n) is 6.66. The number of rotatable bonds is 9. The first-order chi connectivity index (χ1) is 15.0. The summed E-state index contributed by atoms with van der Waals surface area (Å²) in [6.45, 7) is 2.12. The van der Waals surface area contributed by atoms with E-state index >= 15 is 0 Å². The van der Waals surface area contributed by atoms with E-state index in [9.17, 15) is 20.2 Å². The fourth-order valence-corrected chi connectivity index (χ4v) is 3.65. The van der Waals surface area contributed by atoms with Crippen LogP contribution in [0.1, 0.15) is 36.9 Å². The molecular formula is C21H20N6O3S. The molecule has 2 heterocycles. The van der Waals surface area contributed by atoms with Gasteiger partial charge in [-0.25, -0.2) is 0 Å². The Labute approximate surface area is 182 Å². The highest BCUT2D eigenvalue weighted by molar-refractivity contribution is 7.15. The van der Waals surface area contributed by atoms with E-state index in [1.165, 1.54) is 29.5 Å². The molecule has 0 atom stereocenters. The minimum Gasteiger partial charge on any atom is -0.317 e. The monoisotopic (exact) mass is 436 g/mol. The Morgan fingerprint density at radius 2 is 2.06 bits per heavy atom. The van der Waals surface area contributed by atoms with Crippen molar-refractivity contribution in [2.75, 3.05) is 5.32 Å². The molecule has 0 aliphatic carbocycles. The molecule has 0 spiro atoms. The van der Waals surface area contributed by atoms with Gasteiger partial charge < -0.3 is 4.57 Å². The normalized spacial score (nSPS) is 11.2. The lowest BCUT2D eigenvalue weighted by Crippen LogP contribution is -2.13. The molecule has 0 unspecified atom stereocenters.